The summed E-state index contributed by atoms with van der Waals surface area (Å²) in [5.41, 5.74) is 6.19. The first-order valence-corrected chi connectivity index (χ1v) is 15.0. The molecule has 5 rings (SSSR count). The number of aliphatic hydroxyl groups is 1. The normalized spacial score (nSPS) is 17.5. The summed E-state index contributed by atoms with van der Waals surface area (Å²) in [4.78, 5) is 13.7. The Balaban J connectivity index is 1.64. The van der Waals surface area contributed by atoms with E-state index in [1.165, 1.54) is 0 Å². The molecule has 0 saturated heterocycles. The Morgan fingerprint density at radius 1 is 0.864 bits per heavy atom. The first kappa shape index (κ1) is 30.7. The van der Waals surface area contributed by atoms with Crippen molar-refractivity contribution in [2.24, 2.45) is 5.41 Å². The van der Waals surface area contributed by atoms with Crippen LogP contribution in [0.4, 0.5) is 0 Å². The molecule has 224 valence electrons. The Kier molecular flexibility index (Phi) is 7.98. The van der Waals surface area contributed by atoms with E-state index in [-0.39, 0.29) is 33.5 Å². The van der Waals surface area contributed by atoms with Crippen LogP contribution in [0.5, 0.6) is 0 Å². The van der Waals surface area contributed by atoms with Crippen LogP contribution >= 0.6 is 0 Å². The van der Waals surface area contributed by atoms with E-state index >= 15 is 0 Å². The summed E-state index contributed by atoms with van der Waals surface area (Å²) in [6.45, 7) is 20.6. The molecule has 0 fully saturated rings. The minimum Gasteiger partial charge on any atom is -0.506 e. The minimum atomic E-state index is -0.289. The number of carbonyl (C=O) groups excluding carboxylic acids is 1. The third-order valence-electron chi connectivity index (χ3n) is 7.97. The van der Waals surface area contributed by atoms with Crippen molar-refractivity contribution in [2.75, 3.05) is 0 Å². The SMILES string of the molecule is C=CC(=C1C(=O)C(C=C2C=C(c3ccccc3C)OC(C(C)(C)C)=C2)=C1O)c1cc(-c2ccccc2C)[o+]c(C(C)(C)C)c1. The fraction of sp³-hybridized carbons (Fsp3) is 0.250. The molecule has 0 atom stereocenters. The molecule has 4 nitrogen and oxygen atoms in total. The van der Waals surface area contributed by atoms with Crippen molar-refractivity contribution in [3.05, 3.63) is 148 Å². The highest BCUT2D eigenvalue weighted by Crippen LogP contribution is 2.42. The lowest BCUT2D eigenvalue weighted by Gasteiger charge is -2.28. The van der Waals surface area contributed by atoms with Gasteiger partial charge in [0.05, 0.1) is 28.2 Å². The first-order valence-electron chi connectivity index (χ1n) is 15.0. The highest BCUT2D eigenvalue weighted by Gasteiger charge is 2.37. The van der Waals surface area contributed by atoms with Gasteiger partial charge in [-0.2, -0.15) is 0 Å². The van der Waals surface area contributed by atoms with Crippen LogP contribution in [0, 0.1) is 19.3 Å². The number of rotatable bonds is 5. The molecule has 3 aromatic rings. The van der Waals surface area contributed by atoms with Crippen molar-refractivity contribution in [2.45, 2.75) is 60.8 Å². The predicted octanol–water partition coefficient (Wildman–Crippen LogP) is 10.4. The van der Waals surface area contributed by atoms with Crippen LogP contribution in [0.15, 0.2) is 124 Å². The molecule has 1 aliphatic carbocycles. The molecular formula is C40H41O4+. The van der Waals surface area contributed by atoms with Crippen molar-refractivity contribution in [1.29, 1.82) is 0 Å². The summed E-state index contributed by atoms with van der Waals surface area (Å²) < 4.78 is 12.7. The molecule has 1 aliphatic heterocycles. The fourth-order valence-corrected chi connectivity index (χ4v) is 5.30. The van der Waals surface area contributed by atoms with Gasteiger partial charge in [0, 0.05) is 22.6 Å². The quantitative estimate of drug-likeness (QED) is 0.239. The number of hydrogen-bond donors (Lipinski definition) is 1. The van der Waals surface area contributed by atoms with Gasteiger partial charge in [-0.05, 0) is 81.2 Å². The van der Waals surface area contributed by atoms with Gasteiger partial charge in [-0.15, -0.1) is 0 Å². The Bertz CT molecular complexity index is 1840. The average molecular weight is 586 g/mol. The largest absolute Gasteiger partial charge is 0.506 e. The zero-order valence-corrected chi connectivity index (χ0v) is 27.0. The summed E-state index contributed by atoms with van der Waals surface area (Å²) in [6, 6.07) is 19.9. The molecule has 0 bridgehead atoms. The van der Waals surface area contributed by atoms with E-state index in [2.05, 4.69) is 48.1 Å². The Hall–Kier alpha value is -4.70. The van der Waals surface area contributed by atoms with Gasteiger partial charge >= 0.3 is 11.5 Å². The van der Waals surface area contributed by atoms with Gasteiger partial charge in [0.1, 0.15) is 17.3 Å². The molecule has 2 aliphatic rings. The molecule has 1 aromatic heterocycles. The number of benzene rings is 2. The molecule has 4 heteroatoms. The van der Waals surface area contributed by atoms with Crippen LogP contribution in [-0.4, -0.2) is 10.9 Å². The maximum atomic E-state index is 13.7. The number of aryl methyl sites for hydroxylation is 2. The summed E-state index contributed by atoms with van der Waals surface area (Å²) in [5.74, 6) is 2.67. The van der Waals surface area contributed by atoms with Crippen LogP contribution in [0.25, 0.3) is 22.7 Å². The van der Waals surface area contributed by atoms with Gasteiger partial charge in [-0.25, -0.2) is 4.42 Å². The maximum Gasteiger partial charge on any atom is 0.361 e. The third kappa shape index (κ3) is 5.90. The van der Waals surface area contributed by atoms with Crippen molar-refractivity contribution in [3.8, 4) is 11.3 Å². The number of hydrogen-bond acceptors (Lipinski definition) is 3. The van der Waals surface area contributed by atoms with Gasteiger partial charge in [0.25, 0.3) is 0 Å². The lowest BCUT2D eigenvalue weighted by molar-refractivity contribution is -0.113. The number of allylic oxidation sites excluding steroid dienone is 9. The Labute approximate surface area is 261 Å². The molecule has 2 heterocycles. The zero-order valence-electron chi connectivity index (χ0n) is 27.0. The van der Waals surface area contributed by atoms with E-state index in [0.717, 1.165) is 44.9 Å². The number of aliphatic hydroxyl groups excluding tert-OH is 1. The molecule has 0 spiro atoms. The molecule has 1 N–H and O–H groups in total. The summed E-state index contributed by atoms with van der Waals surface area (Å²) in [6.07, 6.45) is 7.24. The van der Waals surface area contributed by atoms with E-state index in [1.807, 2.05) is 86.7 Å². The van der Waals surface area contributed by atoms with E-state index in [1.54, 1.807) is 12.2 Å². The van der Waals surface area contributed by atoms with Crippen molar-refractivity contribution in [1.82, 2.24) is 0 Å². The maximum absolute atomic E-state index is 13.7. The molecule has 0 saturated carbocycles. The van der Waals surface area contributed by atoms with Crippen LogP contribution < -0.4 is 0 Å². The monoisotopic (exact) mass is 585 g/mol. The van der Waals surface area contributed by atoms with Crippen LogP contribution in [0.3, 0.4) is 0 Å². The standard InChI is InChI=1S/C40H40O4/c1-10-28(27-22-33(30-18-14-12-16-25(30)3)44-35(23-27)40(7,8)9)36-37(41)31(38(36)42)19-26-20-32(29-17-13-11-15-24(29)2)43-34(21-26)39(4,5)6/h10-23H,1H2,2-9H3/p+1. The van der Waals surface area contributed by atoms with Crippen molar-refractivity contribution < 1.29 is 19.1 Å². The molecule has 2 aromatic carbocycles. The Morgan fingerprint density at radius 2 is 1.48 bits per heavy atom. The van der Waals surface area contributed by atoms with Gasteiger partial charge in [0.2, 0.25) is 5.78 Å². The lowest BCUT2D eigenvalue weighted by atomic mass is 9.80. The zero-order chi connectivity index (χ0) is 32.0. The van der Waals surface area contributed by atoms with E-state index in [9.17, 15) is 9.90 Å². The van der Waals surface area contributed by atoms with E-state index < -0.39 is 0 Å². The molecule has 0 amide bonds. The number of ketones is 1. The van der Waals surface area contributed by atoms with Crippen LogP contribution in [0.2, 0.25) is 0 Å². The number of Topliss-reactive ketones (excluding diaryl/α,β-unsaturated/α-hetero) is 1. The molecule has 0 radical (unpaired) electrons. The number of ether oxygens (including phenoxy) is 1. The van der Waals surface area contributed by atoms with Gasteiger partial charge in [-0.1, -0.05) is 75.9 Å². The second-order valence-electron chi connectivity index (χ2n) is 13.6. The topological polar surface area (TPSA) is 57.8 Å². The third-order valence-corrected chi connectivity index (χ3v) is 7.97. The Morgan fingerprint density at radius 3 is 2.02 bits per heavy atom. The second kappa shape index (κ2) is 11.4. The van der Waals surface area contributed by atoms with Crippen LogP contribution in [-0.2, 0) is 14.9 Å². The summed E-state index contributed by atoms with van der Waals surface area (Å²) in [5, 5.41) is 11.4. The van der Waals surface area contributed by atoms with Crippen molar-refractivity contribution >= 4 is 17.1 Å². The fourth-order valence-electron chi connectivity index (χ4n) is 5.30. The average Bonchev–Trinajstić information content (AvgIpc) is 2.97. The summed E-state index contributed by atoms with van der Waals surface area (Å²) in [7, 11) is 0. The molecule has 44 heavy (non-hydrogen) atoms. The predicted molar refractivity (Wildman–Crippen MR) is 180 cm³/mol. The second-order valence-corrected chi connectivity index (χ2v) is 13.6. The lowest BCUT2D eigenvalue weighted by Crippen LogP contribution is -2.23. The molecule has 0 unspecified atom stereocenters. The first-order chi connectivity index (χ1) is 20.7. The molecular weight excluding hydrogens is 544 g/mol. The summed E-state index contributed by atoms with van der Waals surface area (Å²) >= 11 is 0. The smallest absolute Gasteiger partial charge is 0.361 e. The highest BCUT2D eigenvalue weighted by molar-refractivity contribution is 6.25. The minimum absolute atomic E-state index is 0.0454. The van der Waals surface area contributed by atoms with Crippen LogP contribution in [0.1, 0.15) is 69.6 Å². The van der Waals surface area contributed by atoms with Crippen molar-refractivity contribution in [3.63, 3.8) is 0 Å². The van der Waals surface area contributed by atoms with Gasteiger partial charge in [-0.3, -0.25) is 4.79 Å². The van der Waals surface area contributed by atoms with Gasteiger partial charge in [0.15, 0.2) is 0 Å². The highest BCUT2D eigenvalue weighted by atomic mass is 16.5. The van der Waals surface area contributed by atoms with Gasteiger partial charge < -0.3 is 9.84 Å². The number of carbonyl (C=O) groups is 1. The van der Waals surface area contributed by atoms with E-state index in [4.69, 9.17) is 9.15 Å². The van der Waals surface area contributed by atoms with E-state index in [0.29, 0.717) is 17.1 Å².